The molecule has 20 heavy (non-hydrogen) atoms. The number of nitrogen functional groups attached to an aromatic ring is 1. The number of nitrogens with one attached hydrogen (secondary N) is 3. The Balaban J connectivity index is 2.11. The summed E-state index contributed by atoms with van der Waals surface area (Å²) in [6, 6.07) is 11.7. The SMILES string of the molecule is N=C(N)c1ccccc1NC(=O)Nc1cccc(F)c1. The van der Waals surface area contributed by atoms with E-state index in [-0.39, 0.29) is 5.84 Å². The molecular weight excluding hydrogens is 259 g/mol. The molecule has 0 unspecified atom stereocenters. The Kier molecular flexibility index (Phi) is 3.95. The van der Waals surface area contributed by atoms with Crippen molar-refractivity contribution >= 4 is 23.2 Å². The van der Waals surface area contributed by atoms with Gasteiger partial charge in [-0.15, -0.1) is 0 Å². The maximum atomic E-state index is 13.0. The lowest BCUT2D eigenvalue weighted by atomic mass is 10.1. The summed E-state index contributed by atoms with van der Waals surface area (Å²) in [5, 5.41) is 12.5. The third-order valence-corrected chi connectivity index (χ3v) is 2.55. The van der Waals surface area contributed by atoms with Crippen LogP contribution in [0.3, 0.4) is 0 Å². The van der Waals surface area contributed by atoms with Gasteiger partial charge in [0, 0.05) is 11.3 Å². The maximum Gasteiger partial charge on any atom is 0.323 e. The van der Waals surface area contributed by atoms with Gasteiger partial charge in [0.25, 0.3) is 0 Å². The zero-order valence-electron chi connectivity index (χ0n) is 10.5. The summed E-state index contributed by atoms with van der Waals surface area (Å²) in [7, 11) is 0. The molecule has 0 saturated carbocycles. The fraction of sp³-hybridized carbons (Fsp3) is 0. The van der Waals surface area contributed by atoms with Crippen LogP contribution < -0.4 is 16.4 Å². The number of para-hydroxylation sites is 1. The van der Waals surface area contributed by atoms with Gasteiger partial charge in [-0.2, -0.15) is 0 Å². The molecule has 0 saturated heterocycles. The number of carbonyl (C=O) groups is 1. The molecule has 6 heteroatoms. The predicted molar refractivity (Wildman–Crippen MR) is 76.5 cm³/mol. The Hall–Kier alpha value is -2.89. The standard InChI is InChI=1S/C14H13FN4O/c15-9-4-3-5-10(8-9)18-14(20)19-12-7-2-1-6-11(12)13(16)17/h1-8H,(H3,16,17)(H2,18,19,20). The Bertz CT molecular complexity index is 657. The number of benzene rings is 2. The Morgan fingerprint density at radius 2 is 1.85 bits per heavy atom. The van der Waals surface area contributed by atoms with Crippen LogP contribution in [0.4, 0.5) is 20.6 Å². The summed E-state index contributed by atoms with van der Waals surface area (Å²) in [6.07, 6.45) is 0. The van der Waals surface area contributed by atoms with Gasteiger partial charge in [-0.05, 0) is 30.3 Å². The number of amidine groups is 1. The van der Waals surface area contributed by atoms with Gasteiger partial charge in [-0.1, -0.05) is 18.2 Å². The quantitative estimate of drug-likeness (QED) is 0.511. The molecule has 0 aliphatic carbocycles. The van der Waals surface area contributed by atoms with E-state index < -0.39 is 11.8 Å². The zero-order valence-corrected chi connectivity index (χ0v) is 10.5. The van der Waals surface area contributed by atoms with E-state index in [1.807, 2.05) is 0 Å². The summed E-state index contributed by atoms with van der Waals surface area (Å²) < 4.78 is 13.0. The Morgan fingerprint density at radius 3 is 2.55 bits per heavy atom. The highest BCUT2D eigenvalue weighted by Crippen LogP contribution is 2.15. The molecule has 0 aliphatic heterocycles. The minimum atomic E-state index is -0.538. The number of halogens is 1. The van der Waals surface area contributed by atoms with Crippen LogP contribution in [0.25, 0.3) is 0 Å². The molecule has 5 N–H and O–H groups in total. The molecule has 0 atom stereocenters. The van der Waals surface area contributed by atoms with Crippen LogP contribution in [0.15, 0.2) is 48.5 Å². The van der Waals surface area contributed by atoms with Crippen molar-refractivity contribution in [2.75, 3.05) is 10.6 Å². The molecule has 0 heterocycles. The molecule has 2 aromatic carbocycles. The van der Waals surface area contributed by atoms with Gasteiger partial charge in [0.05, 0.1) is 5.69 Å². The first-order chi connectivity index (χ1) is 9.56. The van der Waals surface area contributed by atoms with E-state index >= 15 is 0 Å². The number of rotatable bonds is 3. The Morgan fingerprint density at radius 1 is 1.10 bits per heavy atom. The lowest BCUT2D eigenvalue weighted by Gasteiger charge is -2.11. The third-order valence-electron chi connectivity index (χ3n) is 2.55. The predicted octanol–water partition coefficient (Wildman–Crippen LogP) is 2.75. The van der Waals surface area contributed by atoms with E-state index in [2.05, 4.69) is 10.6 Å². The number of anilines is 2. The van der Waals surface area contributed by atoms with Gasteiger partial charge in [-0.25, -0.2) is 9.18 Å². The lowest BCUT2D eigenvalue weighted by Crippen LogP contribution is -2.22. The van der Waals surface area contributed by atoms with Crippen molar-refractivity contribution in [1.82, 2.24) is 0 Å². The van der Waals surface area contributed by atoms with E-state index in [1.165, 1.54) is 18.2 Å². The number of amides is 2. The van der Waals surface area contributed by atoms with Gasteiger partial charge in [0.2, 0.25) is 0 Å². The lowest BCUT2D eigenvalue weighted by molar-refractivity contribution is 0.262. The minimum absolute atomic E-state index is 0.147. The summed E-state index contributed by atoms with van der Waals surface area (Å²) in [5.74, 6) is -0.585. The maximum absolute atomic E-state index is 13.0. The molecule has 0 aromatic heterocycles. The molecule has 0 radical (unpaired) electrons. The van der Waals surface area contributed by atoms with E-state index in [9.17, 15) is 9.18 Å². The van der Waals surface area contributed by atoms with Crippen LogP contribution in [-0.4, -0.2) is 11.9 Å². The van der Waals surface area contributed by atoms with E-state index in [0.717, 1.165) is 0 Å². The van der Waals surface area contributed by atoms with Gasteiger partial charge in [-0.3, -0.25) is 5.41 Å². The van der Waals surface area contributed by atoms with Crippen molar-refractivity contribution in [1.29, 1.82) is 5.41 Å². The van der Waals surface area contributed by atoms with Gasteiger partial charge in [0.15, 0.2) is 0 Å². The summed E-state index contributed by atoms with van der Waals surface area (Å²) in [5.41, 5.74) is 6.59. The van der Waals surface area contributed by atoms with Crippen LogP contribution in [0.1, 0.15) is 5.56 Å². The first-order valence-corrected chi connectivity index (χ1v) is 5.83. The van der Waals surface area contributed by atoms with Crippen molar-refractivity contribution in [2.45, 2.75) is 0 Å². The van der Waals surface area contributed by atoms with Crippen LogP contribution >= 0.6 is 0 Å². The first-order valence-electron chi connectivity index (χ1n) is 5.83. The van der Waals surface area contributed by atoms with Gasteiger partial charge >= 0.3 is 6.03 Å². The second kappa shape index (κ2) is 5.83. The first kappa shape index (κ1) is 13.5. The molecule has 2 rings (SSSR count). The van der Waals surface area contributed by atoms with Crippen molar-refractivity contribution in [3.05, 3.63) is 59.9 Å². The highest BCUT2D eigenvalue weighted by Gasteiger charge is 2.08. The Labute approximate surface area is 115 Å². The fourth-order valence-corrected chi connectivity index (χ4v) is 1.68. The molecular formula is C14H13FN4O. The van der Waals surface area contributed by atoms with E-state index in [0.29, 0.717) is 16.9 Å². The molecule has 0 spiro atoms. The number of urea groups is 1. The van der Waals surface area contributed by atoms with E-state index in [1.54, 1.807) is 30.3 Å². The topological polar surface area (TPSA) is 91.0 Å². The third kappa shape index (κ3) is 3.32. The summed E-state index contributed by atoms with van der Waals surface area (Å²) >= 11 is 0. The fourth-order valence-electron chi connectivity index (χ4n) is 1.68. The second-order valence-corrected chi connectivity index (χ2v) is 4.05. The molecule has 0 bridgehead atoms. The summed E-state index contributed by atoms with van der Waals surface area (Å²) in [6.45, 7) is 0. The van der Waals surface area contributed by atoms with Crippen LogP contribution in [0, 0.1) is 11.2 Å². The largest absolute Gasteiger partial charge is 0.384 e. The number of carbonyl (C=O) groups excluding carboxylic acids is 1. The van der Waals surface area contributed by atoms with Crippen molar-refractivity contribution in [3.63, 3.8) is 0 Å². The monoisotopic (exact) mass is 272 g/mol. The highest BCUT2D eigenvalue weighted by atomic mass is 19.1. The highest BCUT2D eigenvalue weighted by molar-refractivity contribution is 6.06. The molecule has 102 valence electrons. The number of hydrogen-bond acceptors (Lipinski definition) is 2. The normalized spacial score (nSPS) is 9.85. The average Bonchev–Trinajstić information content (AvgIpc) is 2.38. The molecule has 5 nitrogen and oxygen atoms in total. The molecule has 0 aliphatic rings. The molecule has 0 fully saturated rings. The molecule has 2 aromatic rings. The van der Waals surface area contributed by atoms with Crippen molar-refractivity contribution in [3.8, 4) is 0 Å². The van der Waals surface area contributed by atoms with Gasteiger partial charge < -0.3 is 16.4 Å². The zero-order chi connectivity index (χ0) is 14.5. The smallest absolute Gasteiger partial charge is 0.323 e. The van der Waals surface area contributed by atoms with E-state index in [4.69, 9.17) is 11.1 Å². The molecule has 2 amide bonds. The number of hydrogen-bond donors (Lipinski definition) is 4. The second-order valence-electron chi connectivity index (χ2n) is 4.05. The summed E-state index contributed by atoms with van der Waals surface area (Å²) in [4.78, 5) is 11.8. The van der Waals surface area contributed by atoms with Crippen LogP contribution in [0.5, 0.6) is 0 Å². The van der Waals surface area contributed by atoms with Gasteiger partial charge in [0.1, 0.15) is 11.7 Å². The van der Waals surface area contributed by atoms with Crippen molar-refractivity contribution in [2.24, 2.45) is 5.73 Å². The average molecular weight is 272 g/mol. The van der Waals surface area contributed by atoms with Crippen LogP contribution in [0.2, 0.25) is 0 Å². The van der Waals surface area contributed by atoms with Crippen LogP contribution in [-0.2, 0) is 0 Å². The number of nitrogens with two attached hydrogens (primary N) is 1. The van der Waals surface area contributed by atoms with Crippen molar-refractivity contribution < 1.29 is 9.18 Å². The minimum Gasteiger partial charge on any atom is -0.384 e.